The largest absolute Gasteiger partial charge is 0.497 e. The Morgan fingerprint density at radius 2 is 1.59 bits per heavy atom. The van der Waals surface area contributed by atoms with Gasteiger partial charge in [0.05, 0.1) is 22.8 Å². The van der Waals surface area contributed by atoms with Crippen LogP contribution in [0.5, 0.6) is 5.75 Å². The zero-order chi connectivity index (χ0) is 16.1. The van der Waals surface area contributed by atoms with E-state index < -0.39 is 11.8 Å². The van der Waals surface area contributed by atoms with Crippen molar-refractivity contribution >= 4 is 46.4 Å². The van der Waals surface area contributed by atoms with Crippen LogP contribution < -0.4 is 15.4 Å². The molecule has 0 atom stereocenters. The highest BCUT2D eigenvalue weighted by Gasteiger charge is 2.16. The molecule has 5 nitrogen and oxygen atoms in total. The first-order chi connectivity index (χ1) is 10.5. The van der Waals surface area contributed by atoms with Crippen LogP contribution >= 0.6 is 23.2 Å². The van der Waals surface area contributed by atoms with Crippen LogP contribution in [0, 0.1) is 0 Å². The van der Waals surface area contributed by atoms with Crippen molar-refractivity contribution in [2.45, 2.75) is 0 Å². The summed E-state index contributed by atoms with van der Waals surface area (Å²) in [5, 5.41) is 5.33. The molecule has 2 amide bonds. The normalized spacial score (nSPS) is 9.95. The maximum Gasteiger partial charge on any atom is 0.314 e. The summed E-state index contributed by atoms with van der Waals surface area (Å²) in [7, 11) is 1.54. The topological polar surface area (TPSA) is 67.4 Å². The van der Waals surface area contributed by atoms with Gasteiger partial charge in [0.25, 0.3) is 0 Å². The van der Waals surface area contributed by atoms with E-state index in [0.717, 1.165) is 0 Å². The Kier molecular flexibility index (Phi) is 5.25. The maximum absolute atomic E-state index is 11.9. The van der Waals surface area contributed by atoms with E-state index in [4.69, 9.17) is 27.9 Å². The minimum atomic E-state index is -0.847. The lowest BCUT2D eigenvalue weighted by Crippen LogP contribution is -2.29. The monoisotopic (exact) mass is 338 g/mol. The van der Waals surface area contributed by atoms with Gasteiger partial charge < -0.3 is 15.4 Å². The Balaban J connectivity index is 2.02. The van der Waals surface area contributed by atoms with Crippen molar-refractivity contribution in [2.75, 3.05) is 17.7 Å². The number of hydrogen-bond acceptors (Lipinski definition) is 3. The Hall–Kier alpha value is -2.24. The third kappa shape index (κ3) is 3.90. The fourth-order valence-electron chi connectivity index (χ4n) is 1.64. The standard InChI is InChI=1S/C15H12Cl2N2O3/c1-22-10-7-5-9(6-8-10)18-14(20)15(21)19-12-4-2-3-11(16)13(12)17/h2-8H,1H3,(H,18,20)(H,19,21). The Morgan fingerprint density at radius 1 is 0.955 bits per heavy atom. The Morgan fingerprint density at radius 3 is 2.23 bits per heavy atom. The zero-order valence-electron chi connectivity index (χ0n) is 11.5. The van der Waals surface area contributed by atoms with Crippen LogP contribution in [0.25, 0.3) is 0 Å². The molecule has 22 heavy (non-hydrogen) atoms. The van der Waals surface area contributed by atoms with Gasteiger partial charge >= 0.3 is 11.8 Å². The first kappa shape index (κ1) is 16.1. The zero-order valence-corrected chi connectivity index (χ0v) is 13.0. The highest BCUT2D eigenvalue weighted by atomic mass is 35.5. The molecule has 0 bridgehead atoms. The van der Waals surface area contributed by atoms with Crippen LogP contribution in [0.15, 0.2) is 42.5 Å². The fraction of sp³-hybridized carbons (Fsp3) is 0.0667. The molecule has 0 aromatic heterocycles. The minimum absolute atomic E-state index is 0.176. The predicted molar refractivity (Wildman–Crippen MR) is 86.7 cm³/mol. The lowest BCUT2D eigenvalue weighted by atomic mass is 10.3. The molecule has 0 unspecified atom stereocenters. The quantitative estimate of drug-likeness (QED) is 0.840. The van der Waals surface area contributed by atoms with E-state index in [0.29, 0.717) is 11.4 Å². The maximum atomic E-state index is 11.9. The summed E-state index contributed by atoms with van der Waals surface area (Å²) < 4.78 is 5.01. The van der Waals surface area contributed by atoms with Crippen LogP contribution in [-0.4, -0.2) is 18.9 Å². The molecule has 0 fully saturated rings. The highest BCUT2D eigenvalue weighted by Crippen LogP contribution is 2.29. The van der Waals surface area contributed by atoms with E-state index in [-0.39, 0.29) is 15.7 Å². The van der Waals surface area contributed by atoms with E-state index in [1.165, 1.54) is 7.11 Å². The Labute approximate surface area is 137 Å². The van der Waals surface area contributed by atoms with Crippen molar-refractivity contribution in [3.8, 4) is 5.75 Å². The molecular formula is C15H12Cl2N2O3. The highest BCUT2D eigenvalue weighted by molar-refractivity contribution is 6.47. The van der Waals surface area contributed by atoms with Crippen molar-refractivity contribution in [1.82, 2.24) is 0 Å². The molecule has 2 aromatic carbocycles. The van der Waals surface area contributed by atoms with Gasteiger partial charge in [-0.05, 0) is 36.4 Å². The lowest BCUT2D eigenvalue weighted by Gasteiger charge is -2.09. The molecule has 7 heteroatoms. The van der Waals surface area contributed by atoms with Gasteiger partial charge in [-0.3, -0.25) is 9.59 Å². The number of benzene rings is 2. The second-order valence-corrected chi connectivity index (χ2v) is 5.02. The van der Waals surface area contributed by atoms with Crippen LogP contribution in [0.2, 0.25) is 10.0 Å². The first-order valence-corrected chi connectivity index (χ1v) is 6.97. The SMILES string of the molecule is COc1ccc(NC(=O)C(=O)Nc2cccc(Cl)c2Cl)cc1. The van der Waals surface area contributed by atoms with E-state index in [9.17, 15) is 9.59 Å². The van der Waals surface area contributed by atoms with Crippen molar-refractivity contribution in [1.29, 1.82) is 0 Å². The summed E-state index contributed by atoms with van der Waals surface area (Å²) in [6, 6.07) is 11.3. The van der Waals surface area contributed by atoms with Gasteiger partial charge in [0.1, 0.15) is 5.75 Å². The van der Waals surface area contributed by atoms with Gasteiger partial charge in [-0.2, -0.15) is 0 Å². The van der Waals surface area contributed by atoms with Crippen LogP contribution in [0.1, 0.15) is 0 Å². The molecular weight excluding hydrogens is 327 g/mol. The van der Waals surface area contributed by atoms with Crippen LogP contribution in [0.4, 0.5) is 11.4 Å². The molecule has 0 aliphatic rings. The molecule has 2 rings (SSSR count). The summed E-state index contributed by atoms with van der Waals surface area (Å²) in [4.78, 5) is 23.7. The number of halogens is 2. The predicted octanol–water partition coefficient (Wildman–Crippen LogP) is 3.58. The van der Waals surface area contributed by atoms with Gasteiger partial charge in [-0.1, -0.05) is 29.3 Å². The number of carbonyl (C=O) groups is 2. The van der Waals surface area contributed by atoms with Crippen LogP contribution in [0.3, 0.4) is 0 Å². The van der Waals surface area contributed by atoms with Crippen molar-refractivity contribution in [3.05, 3.63) is 52.5 Å². The molecule has 2 aromatic rings. The second-order valence-electron chi connectivity index (χ2n) is 4.24. The third-order valence-electron chi connectivity index (χ3n) is 2.75. The second kappa shape index (κ2) is 7.15. The van der Waals surface area contributed by atoms with E-state index in [1.807, 2.05) is 0 Å². The molecule has 0 spiro atoms. The summed E-state index contributed by atoms with van der Waals surface area (Å²) >= 11 is 11.8. The van der Waals surface area contributed by atoms with Crippen molar-refractivity contribution in [2.24, 2.45) is 0 Å². The molecule has 0 aliphatic heterocycles. The summed E-state index contributed by atoms with van der Waals surface area (Å²) in [6.45, 7) is 0. The number of nitrogens with one attached hydrogen (secondary N) is 2. The van der Waals surface area contributed by atoms with E-state index >= 15 is 0 Å². The van der Waals surface area contributed by atoms with Gasteiger partial charge in [-0.15, -0.1) is 0 Å². The number of carbonyl (C=O) groups excluding carboxylic acids is 2. The number of ether oxygens (including phenoxy) is 1. The summed E-state index contributed by atoms with van der Waals surface area (Å²) in [5.74, 6) is -1.02. The fourth-order valence-corrected chi connectivity index (χ4v) is 1.99. The summed E-state index contributed by atoms with van der Waals surface area (Å²) in [6.07, 6.45) is 0. The average molecular weight is 339 g/mol. The van der Waals surface area contributed by atoms with Crippen LogP contribution in [-0.2, 0) is 9.59 Å². The minimum Gasteiger partial charge on any atom is -0.497 e. The van der Waals surface area contributed by atoms with E-state index in [2.05, 4.69) is 10.6 Å². The lowest BCUT2D eigenvalue weighted by molar-refractivity contribution is -0.132. The molecule has 0 radical (unpaired) electrons. The average Bonchev–Trinajstić information content (AvgIpc) is 2.52. The van der Waals surface area contributed by atoms with Gasteiger partial charge in [0.15, 0.2) is 0 Å². The number of hydrogen-bond donors (Lipinski definition) is 2. The number of anilines is 2. The first-order valence-electron chi connectivity index (χ1n) is 6.21. The molecule has 0 heterocycles. The molecule has 0 saturated carbocycles. The number of rotatable bonds is 3. The van der Waals surface area contributed by atoms with Crippen molar-refractivity contribution in [3.63, 3.8) is 0 Å². The molecule has 0 aliphatic carbocycles. The number of amides is 2. The van der Waals surface area contributed by atoms with Gasteiger partial charge in [0, 0.05) is 5.69 Å². The Bertz CT molecular complexity index is 702. The van der Waals surface area contributed by atoms with Gasteiger partial charge in [-0.25, -0.2) is 0 Å². The molecule has 2 N–H and O–H groups in total. The smallest absolute Gasteiger partial charge is 0.314 e. The van der Waals surface area contributed by atoms with Crippen molar-refractivity contribution < 1.29 is 14.3 Å². The third-order valence-corrected chi connectivity index (χ3v) is 3.57. The molecule has 114 valence electrons. The summed E-state index contributed by atoms with van der Waals surface area (Å²) in [5.41, 5.74) is 0.738. The van der Waals surface area contributed by atoms with Gasteiger partial charge in [0.2, 0.25) is 0 Å². The van der Waals surface area contributed by atoms with E-state index in [1.54, 1.807) is 42.5 Å². The number of methoxy groups -OCH3 is 1. The molecule has 0 saturated heterocycles.